The first-order valence-electron chi connectivity index (χ1n) is 6.05. The van der Waals surface area contributed by atoms with Crippen LogP contribution >= 0.6 is 0 Å². The Morgan fingerprint density at radius 1 is 1.13 bits per heavy atom. The van der Waals surface area contributed by atoms with Crippen molar-refractivity contribution in [1.82, 2.24) is 4.98 Å². The van der Waals surface area contributed by atoms with E-state index in [2.05, 4.69) is 11.1 Å². The molecule has 1 saturated carbocycles. The zero-order chi connectivity index (χ0) is 10.3. The Labute approximate surface area is 90.9 Å². The Balaban J connectivity index is 2.10. The molecule has 2 heteroatoms. The average Bonchev–Trinajstić information content (AvgIpc) is 2.67. The van der Waals surface area contributed by atoms with Gasteiger partial charge in [0.15, 0.2) is 0 Å². The second-order valence-corrected chi connectivity index (χ2v) is 5.12. The van der Waals surface area contributed by atoms with Crippen LogP contribution in [-0.4, -0.2) is 4.98 Å². The highest BCUT2D eigenvalue weighted by Crippen LogP contribution is 2.47. The van der Waals surface area contributed by atoms with E-state index in [0.29, 0.717) is 5.41 Å². The first-order chi connectivity index (χ1) is 7.30. The van der Waals surface area contributed by atoms with Crippen LogP contribution in [0.1, 0.15) is 49.8 Å². The fourth-order valence-corrected chi connectivity index (χ4v) is 3.47. The standard InChI is InChI=1S/C13H18N2/c14-11-8-10-4-3-7-13(5-1-2-6-13)12(10)15-9-11/h8-9H,1-7,14H2. The smallest absolute Gasteiger partial charge is 0.0503 e. The predicted octanol–water partition coefficient (Wildman–Crippen LogP) is 2.81. The summed E-state index contributed by atoms with van der Waals surface area (Å²) >= 11 is 0. The molecule has 3 rings (SSSR count). The number of hydrogen-bond donors (Lipinski definition) is 1. The fraction of sp³-hybridized carbons (Fsp3) is 0.615. The Morgan fingerprint density at radius 3 is 2.67 bits per heavy atom. The number of pyridine rings is 1. The predicted molar refractivity (Wildman–Crippen MR) is 61.7 cm³/mol. The van der Waals surface area contributed by atoms with Crippen LogP contribution in [0.25, 0.3) is 0 Å². The molecule has 0 bridgehead atoms. The maximum atomic E-state index is 5.81. The molecule has 1 spiro atoms. The lowest BCUT2D eigenvalue weighted by Gasteiger charge is -2.34. The molecule has 0 unspecified atom stereocenters. The van der Waals surface area contributed by atoms with Gasteiger partial charge in [0.25, 0.3) is 0 Å². The van der Waals surface area contributed by atoms with E-state index in [-0.39, 0.29) is 0 Å². The van der Waals surface area contributed by atoms with Crippen LogP contribution in [0.4, 0.5) is 5.69 Å². The van der Waals surface area contributed by atoms with Crippen molar-refractivity contribution < 1.29 is 0 Å². The van der Waals surface area contributed by atoms with Crippen molar-refractivity contribution in [2.24, 2.45) is 0 Å². The second-order valence-electron chi connectivity index (χ2n) is 5.12. The highest BCUT2D eigenvalue weighted by Gasteiger charge is 2.40. The van der Waals surface area contributed by atoms with E-state index >= 15 is 0 Å². The minimum atomic E-state index is 0.432. The molecular formula is C13H18N2. The number of nitrogen functional groups attached to an aromatic ring is 1. The van der Waals surface area contributed by atoms with Crippen molar-refractivity contribution in [2.75, 3.05) is 5.73 Å². The van der Waals surface area contributed by atoms with Gasteiger partial charge in [0.2, 0.25) is 0 Å². The number of anilines is 1. The quantitative estimate of drug-likeness (QED) is 0.702. The van der Waals surface area contributed by atoms with Gasteiger partial charge in [-0.05, 0) is 43.7 Å². The maximum Gasteiger partial charge on any atom is 0.0503 e. The third kappa shape index (κ3) is 1.35. The van der Waals surface area contributed by atoms with Gasteiger partial charge in [0.1, 0.15) is 0 Å². The van der Waals surface area contributed by atoms with E-state index in [1.54, 1.807) is 0 Å². The van der Waals surface area contributed by atoms with E-state index in [1.807, 2.05) is 6.20 Å². The molecule has 1 aromatic heterocycles. The third-order valence-electron chi connectivity index (χ3n) is 4.15. The molecule has 2 aliphatic carbocycles. The van der Waals surface area contributed by atoms with E-state index in [9.17, 15) is 0 Å². The minimum Gasteiger partial charge on any atom is -0.397 e. The summed E-state index contributed by atoms with van der Waals surface area (Å²) < 4.78 is 0. The molecule has 0 saturated heterocycles. The van der Waals surface area contributed by atoms with Crippen LogP contribution in [0.3, 0.4) is 0 Å². The molecule has 0 amide bonds. The van der Waals surface area contributed by atoms with E-state index in [4.69, 9.17) is 5.73 Å². The Hall–Kier alpha value is -1.05. The zero-order valence-electron chi connectivity index (χ0n) is 9.13. The van der Waals surface area contributed by atoms with Crippen molar-refractivity contribution in [1.29, 1.82) is 0 Å². The fourth-order valence-electron chi connectivity index (χ4n) is 3.47. The van der Waals surface area contributed by atoms with E-state index in [1.165, 1.54) is 56.2 Å². The van der Waals surface area contributed by atoms with Gasteiger partial charge in [-0.25, -0.2) is 0 Å². The summed E-state index contributed by atoms with van der Waals surface area (Å²) in [6.07, 6.45) is 11.1. The second kappa shape index (κ2) is 3.22. The van der Waals surface area contributed by atoms with E-state index in [0.717, 1.165) is 5.69 Å². The summed E-state index contributed by atoms with van der Waals surface area (Å²) in [5.41, 5.74) is 9.86. The van der Waals surface area contributed by atoms with Gasteiger partial charge in [0.05, 0.1) is 11.9 Å². The molecule has 0 radical (unpaired) electrons. The normalized spacial score (nSPS) is 22.9. The Kier molecular flexibility index (Phi) is 1.98. The number of nitrogens with zero attached hydrogens (tertiary/aromatic N) is 1. The van der Waals surface area contributed by atoms with Crippen LogP contribution in [0.5, 0.6) is 0 Å². The summed E-state index contributed by atoms with van der Waals surface area (Å²) in [5.74, 6) is 0. The summed E-state index contributed by atoms with van der Waals surface area (Å²) in [4.78, 5) is 4.63. The Bertz CT molecular complexity index is 378. The minimum absolute atomic E-state index is 0.432. The Morgan fingerprint density at radius 2 is 1.87 bits per heavy atom. The highest BCUT2D eigenvalue weighted by molar-refractivity contribution is 5.43. The van der Waals surface area contributed by atoms with Crippen LogP contribution in [0, 0.1) is 0 Å². The largest absolute Gasteiger partial charge is 0.397 e. The molecule has 80 valence electrons. The number of aromatic nitrogens is 1. The van der Waals surface area contributed by atoms with Crippen LogP contribution in [-0.2, 0) is 11.8 Å². The molecule has 0 atom stereocenters. The van der Waals surface area contributed by atoms with Crippen molar-refractivity contribution in [3.05, 3.63) is 23.5 Å². The van der Waals surface area contributed by atoms with Gasteiger partial charge in [0, 0.05) is 11.1 Å². The van der Waals surface area contributed by atoms with Gasteiger partial charge in [-0.2, -0.15) is 0 Å². The van der Waals surface area contributed by atoms with Gasteiger partial charge >= 0.3 is 0 Å². The molecule has 1 aromatic rings. The lowest BCUT2D eigenvalue weighted by Crippen LogP contribution is -2.29. The van der Waals surface area contributed by atoms with Crippen LogP contribution < -0.4 is 5.73 Å². The molecule has 1 fully saturated rings. The number of nitrogens with two attached hydrogens (primary N) is 1. The molecule has 2 aliphatic rings. The van der Waals surface area contributed by atoms with Crippen molar-refractivity contribution in [2.45, 2.75) is 50.4 Å². The summed E-state index contributed by atoms with van der Waals surface area (Å²) in [6.45, 7) is 0. The lowest BCUT2D eigenvalue weighted by atomic mass is 9.71. The molecule has 1 heterocycles. The molecule has 15 heavy (non-hydrogen) atoms. The van der Waals surface area contributed by atoms with Crippen molar-refractivity contribution in [3.63, 3.8) is 0 Å². The lowest BCUT2D eigenvalue weighted by molar-refractivity contribution is 0.358. The summed E-state index contributed by atoms with van der Waals surface area (Å²) in [5, 5.41) is 0. The van der Waals surface area contributed by atoms with Crippen molar-refractivity contribution >= 4 is 5.69 Å². The number of rotatable bonds is 0. The average molecular weight is 202 g/mol. The third-order valence-corrected chi connectivity index (χ3v) is 4.15. The molecule has 0 aromatic carbocycles. The molecular weight excluding hydrogens is 184 g/mol. The molecule has 2 nitrogen and oxygen atoms in total. The van der Waals surface area contributed by atoms with Gasteiger partial charge in [-0.1, -0.05) is 12.8 Å². The number of hydrogen-bond acceptors (Lipinski definition) is 2. The van der Waals surface area contributed by atoms with Crippen LogP contribution in [0.2, 0.25) is 0 Å². The first kappa shape index (κ1) is 9.20. The first-order valence-corrected chi connectivity index (χ1v) is 6.05. The van der Waals surface area contributed by atoms with Gasteiger partial charge in [-0.15, -0.1) is 0 Å². The summed E-state index contributed by atoms with van der Waals surface area (Å²) in [7, 11) is 0. The van der Waals surface area contributed by atoms with E-state index < -0.39 is 0 Å². The zero-order valence-corrected chi connectivity index (χ0v) is 9.13. The SMILES string of the molecule is Nc1cnc2c(c1)CCCC21CCCC1. The topological polar surface area (TPSA) is 38.9 Å². The van der Waals surface area contributed by atoms with Crippen molar-refractivity contribution in [3.8, 4) is 0 Å². The van der Waals surface area contributed by atoms with Gasteiger partial charge < -0.3 is 5.73 Å². The molecule has 0 aliphatic heterocycles. The highest BCUT2D eigenvalue weighted by atomic mass is 14.8. The number of aryl methyl sites for hydroxylation is 1. The summed E-state index contributed by atoms with van der Waals surface area (Å²) in [6, 6.07) is 2.14. The maximum absolute atomic E-state index is 5.81. The number of fused-ring (bicyclic) bond motifs is 2. The van der Waals surface area contributed by atoms with Gasteiger partial charge in [-0.3, -0.25) is 4.98 Å². The van der Waals surface area contributed by atoms with Crippen LogP contribution in [0.15, 0.2) is 12.3 Å². The molecule has 2 N–H and O–H groups in total. The monoisotopic (exact) mass is 202 g/mol.